The van der Waals surface area contributed by atoms with Crippen molar-refractivity contribution in [3.8, 4) is 0 Å². The van der Waals surface area contributed by atoms with Gasteiger partial charge in [-0.25, -0.2) is 0 Å². The zero-order valence-corrected chi connectivity index (χ0v) is 9.18. The number of allylic oxidation sites excluding steroid dienone is 2. The van der Waals surface area contributed by atoms with E-state index >= 15 is 0 Å². The van der Waals surface area contributed by atoms with Gasteiger partial charge in [0.15, 0.2) is 0 Å². The number of hydrogen-bond donors (Lipinski definition) is 1. The topological polar surface area (TPSA) is 46.3 Å². The zero-order valence-electron chi connectivity index (χ0n) is 9.18. The van der Waals surface area contributed by atoms with Crippen LogP contribution in [-0.4, -0.2) is 24.4 Å². The van der Waals surface area contributed by atoms with Gasteiger partial charge in [0, 0.05) is 19.2 Å². The molecule has 1 amide bonds. The van der Waals surface area contributed by atoms with Crippen LogP contribution in [-0.2, 0) is 0 Å². The van der Waals surface area contributed by atoms with Gasteiger partial charge >= 0.3 is 0 Å². The van der Waals surface area contributed by atoms with E-state index in [9.17, 15) is 4.79 Å². The molecule has 0 aromatic heterocycles. The van der Waals surface area contributed by atoms with Crippen molar-refractivity contribution >= 4 is 11.5 Å². The minimum absolute atomic E-state index is 0.385. The highest BCUT2D eigenvalue weighted by atomic mass is 16.1. The Kier molecular flexibility index (Phi) is 2.77. The number of nitrogens with two attached hydrogens (primary N) is 1. The number of primary amides is 1. The third kappa shape index (κ3) is 1.98. The lowest BCUT2D eigenvalue weighted by molar-refractivity contribution is 0.1000. The molecule has 0 aliphatic carbocycles. The molecule has 0 radical (unpaired) electrons. The summed E-state index contributed by atoms with van der Waals surface area (Å²) in [6.07, 6.45) is 6.07. The van der Waals surface area contributed by atoms with E-state index in [4.69, 9.17) is 5.73 Å². The van der Waals surface area contributed by atoms with E-state index in [0.29, 0.717) is 5.56 Å². The molecular weight excluding hydrogens is 200 g/mol. The van der Waals surface area contributed by atoms with Crippen LogP contribution in [0.2, 0.25) is 0 Å². The highest BCUT2D eigenvalue weighted by Crippen LogP contribution is 2.22. The highest BCUT2D eigenvalue weighted by Gasteiger charge is 2.11. The van der Waals surface area contributed by atoms with Crippen LogP contribution in [0.3, 0.4) is 0 Å². The molecule has 1 aliphatic rings. The molecule has 1 heterocycles. The summed E-state index contributed by atoms with van der Waals surface area (Å²) in [5.41, 5.74) is 7.87. The van der Waals surface area contributed by atoms with Gasteiger partial charge in [-0.1, -0.05) is 24.3 Å². The van der Waals surface area contributed by atoms with Crippen LogP contribution in [0.15, 0.2) is 42.6 Å². The number of carbonyl (C=O) groups excluding carboxylic acids is 1. The van der Waals surface area contributed by atoms with Crippen molar-refractivity contribution in [2.75, 3.05) is 13.6 Å². The third-order valence-electron chi connectivity index (χ3n) is 2.61. The van der Waals surface area contributed by atoms with Gasteiger partial charge in [-0.2, -0.15) is 0 Å². The first-order chi connectivity index (χ1) is 7.68. The first-order valence-electron chi connectivity index (χ1n) is 5.16. The Morgan fingerprint density at radius 2 is 2.12 bits per heavy atom. The Balaban J connectivity index is 2.41. The lowest BCUT2D eigenvalue weighted by atomic mass is 9.98. The Hall–Kier alpha value is -2.03. The van der Waals surface area contributed by atoms with Crippen molar-refractivity contribution in [2.24, 2.45) is 5.73 Å². The van der Waals surface area contributed by atoms with E-state index in [1.54, 1.807) is 6.07 Å². The van der Waals surface area contributed by atoms with Crippen molar-refractivity contribution in [3.05, 3.63) is 53.7 Å². The van der Waals surface area contributed by atoms with Crippen molar-refractivity contribution in [3.63, 3.8) is 0 Å². The summed E-state index contributed by atoms with van der Waals surface area (Å²) in [5, 5.41) is 0. The average molecular weight is 214 g/mol. The SMILES string of the molecule is CN1C=CC(c2ccccc2C(N)=O)=CC1. The number of rotatable bonds is 2. The second-order valence-corrected chi connectivity index (χ2v) is 3.82. The molecule has 2 rings (SSSR count). The maximum Gasteiger partial charge on any atom is 0.249 e. The zero-order chi connectivity index (χ0) is 11.5. The first kappa shape index (κ1) is 10.5. The van der Waals surface area contributed by atoms with Gasteiger partial charge in [0.1, 0.15) is 0 Å². The van der Waals surface area contributed by atoms with E-state index in [1.807, 2.05) is 37.5 Å². The van der Waals surface area contributed by atoms with Gasteiger partial charge in [0.05, 0.1) is 0 Å². The summed E-state index contributed by atoms with van der Waals surface area (Å²) < 4.78 is 0. The smallest absolute Gasteiger partial charge is 0.249 e. The number of likely N-dealkylation sites (N-methyl/N-ethyl adjacent to an activating group) is 1. The predicted octanol–water partition coefficient (Wildman–Crippen LogP) is 1.63. The average Bonchev–Trinajstić information content (AvgIpc) is 2.30. The Bertz CT molecular complexity index is 475. The normalized spacial score (nSPS) is 14.8. The standard InChI is InChI=1S/C13H14N2O/c1-15-8-6-10(7-9-15)11-4-2-3-5-12(11)13(14)16/h2-8H,9H2,1H3,(H2,14,16). The molecule has 0 saturated carbocycles. The highest BCUT2D eigenvalue weighted by molar-refractivity contribution is 5.99. The van der Waals surface area contributed by atoms with Gasteiger partial charge in [-0.05, 0) is 29.5 Å². The summed E-state index contributed by atoms with van der Waals surface area (Å²) in [6.45, 7) is 0.846. The maximum atomic E-state index is 11.3. The summed E-state index contributed by atoms with van der Waals surface area (Å²) in [4.78, 5) is 13.4. The summed E-state index contributed by atoms with van der Waals surface area (Å²) in [6, 6.07) is 7.41. The first-order valence-corrected chi connectivity index (χ1v) is 5.16. The van der Waals surface area contributed by atoms with E-state index < -0.39 is 0 Å². The minimum atomic E-state index is -0.385. The quantitative estimate of drug-likeness (QED) is 0.813. The van der Waals surface area contributed by atoms with Gasteiger partial charge < -0.3 is 10.6 Å². The number of carbonyl (C=O) groups is 1. The number of hydrogen-bond acceptors (Lipinski definition) is 2. The van der Waals surface area contributed by atoms with Gasteiger partial charge in [0.25, 0.3) is 0 Å². The summed E-state index contributed by atoms with van der Waals surface area (Å²) in [5.74, 6) is -0.385. The van der Waals surface area contributed by atoms with E-state index in [1.165, 1.54) is 0 Å². The minimum Gasteiger partial charge on any atom is -0.377 e. The molecule has 0 atom stereocenters. The molecule has 0 fully saturated rings. The molecule has 0 unspecified atom stereocenters. The molecule has 0 spiro atoms. The molecule has 1 aromatic rings. The fourth-order valence-electron chi connectivity index (χ4n) is 1.73. The molecular formula is C13H14N2O. The fraction of sp³-hybridized carbons (Fsp3) is 0.154. The van der Waals surface area contributed by atoms with E-state index in [-0.39, 0.29) is 5.91 Å². The van der Waals surface area contributed by atoms with Gasteiger partial charge in [-0.3, -0.25) is 4.79 Å². The van der Waals surface area contributed by atoms with Crippen LogP contribution in [0.1, 0.15) is 15.9 Å². The molecule has 0 bridgehead atoms. The Labute approximate surface area is 94.9 Å². The number of nitrogens with zero attached hydrogens (tertiary/aromatic N) is 1. The van der Waals surface area contributed by atoms with Crippen LogP contribution >= 0.6 is 0 Å². The van der Waals surface area contributed by atoms with Gasteiger partial charge in [0.2, 0.25) is 5.91 Å². The van der Waals surface area contributed by atoms with Crippen molar-refractivity contribution in [1.29, 1.82) is 0 Å². The van der Waals surface area contributed by atoms with Crippen LogP contribution in [0.4, 0.5) is 0 Å². The van der Waals surface area contributed by atoms with Gasteiger partial charge in [-0.15, -0.1) is 0 Å². The molecule has 2 N–H and O–H groups in total. The Morgan fingerprint density at radius 1 is 1.38 bits per heavy atom. The summed E-state index contributed by atoms with van der Waals surface area (Å²) in [7, 11) is 2.00. The molecule has 82 valence electrons. The Morgan fingerprint density at radius 3 is 2.75 bits per heavy atom. The van der Waals surface area contributed by atoms with E-state index in [0.717, 1.165) is 17.7 Å². The second kappa shape index (κ2) is 4.23. The lowest BCUT2D eigenvalue weighted by Gasteiger charge is -2.18. The molecule has 16 heavy (non-hydrogen) atoms. The van der Waals surface area contributed by atoms with Crippen molar-refractivity contribution < 1.29 is 4.79 Å². The molecule has 1 aromatic carbocycles. The molecule has 1 aliphatic heterocycles. The van der Waals surface area contributed by atoms with Crippen molar-refractivity contribution in [1.82, 2.24) is 4.90 Å². The lowest BCUT2D eigenvalue weighted by Crippen LogP contribution is -2.16. The second-order valence-electron chi connectivity index (χ2n) is 3.82. The number of benzene rings is 1. The monoisotopic (exact) mass is 214 g/mol. The van der Waals surface area contributed by atoms with Crippen molar-refractivity contribution in [2.45, 2.75) is 0 Å². The molecule has 3 heteroatoms. The maximum absolute atomic E-state index is 11.3. The van der Waals surface area contributed by atoms with Crippen LogP contribution in [0, 0.1) is 0 Å². The predicted molar refractivity (Wildman–Crippen MR) is 64.7 cm³/mol. The van der Waals surface area contributed by atoms with Crippen LogP contribution in [0.5, 0.6) is 0 Å². The van der Waals surface area contributed by atoms with E-state index in [2.05, 4.69) is 11.0 Å². The van der Waals surface area contributed by atoms with Crippen LogP contribution in [0.25, 0.3) is 5.57 Å². The third-order valence-corrected chi connectivity index (χ3v) is 2.61. The largest absolute Gasteiger partial charge is 0.377 e. The summed E-state index contributed by atoms with van der Waals surface area (Å²) >= 11 is 0. The van der Waals surface area contributed by atoms with Crippen LogP contribution < -0.4 is 5.73 Å². The fourth-order valence-corrected chi connectivity index (χ4v) is 1.73. The molecule has 0 saturated heterocycles. The number of amides is 1. The molecule has 3 nitrogen and oxygen atoms in total.